The maximum atomic E-state index is 12.6. The van der Waals surface area contributed by atoms with Crippen LogP contribution in [0.1, 0.15) is 19.3 Å². The van der Waals surface area contributed by atoms with Gasteiger partial charge in [-0.25, -0.2) is 4.98 Å². The Bertz CT molecular complexity index is 1220. The van der Waals surface area contributed by atoms with E-state index in [1.165, 1.54) is 12.1 Å². The number of amides is 1. The number of fused-ring (bicyclic) bond motifs is 1. The number of hydrogen-bond acceptors (Lipinski definition) is 4. The van der Waals surface area contributed by atoms with Crippen LogP contribution in [0.15, 0.2) is 64.2 Å². The lowest BCUT2D eigenvalue weighted by atomic mass is 10.3. The van der Waals surface area contributed by atoms with Gasteiger partial charge in [0, 0.05) is 38.7 Å². The first-order chi connectivity index (χ1) is 14.4. The molecule has 0 spiro atoms. The largest absolute Gasteiger partial charge is 0.362 e. The van der Waals surface area contributed by atoms with Crippen LogP contribution in [0.2, 0.25) is 0 Å². The van der Waals surface area contributed by atoms with Crippen LogP contribution < -0.4 is 5.32 Å². The van der Waals surface area contributed by atoms with Crippen LogP contribution in [0.25, 0.3) is 11.0 Å². The highest BCUT2D eigenvalue weighted by Crippen LogP contribution is 2.20. The van der Waals surface area contributed by atoms with Crippen molar-refractivity contribution in [3.8, 4) is 0 Å². The van der Waals surface area contributed by atoms with E-state index in [9.17, 15) is 13.2 Å². The summed E-state index contributed by atoms with van der Waals surface area (Å²) in [6.45, 7) is 1.28. The Morgan fingerprint density at radius 3 is 2.83 bits per heavy atom. The SMILES string of the molecule is CN1CCC/C1=N\S(=O)(=O)c1cccc(NC(=O)CCn2cnc3ccccc32)c1. The van der Waals surface area contributed by atoms with Gasteiger partial charge in [0.1, 0.15) is 5.84 Å². The number of benzene rings is 2. The number of hydrogen-bond donors (Lipinski definition) is 1. The van der Waals surface area contributed by atoms with E-state index >= 15 is 0 Å². The highest BCUT2D eigenvalue weighted by molar-refractivity contribution is 7.90. The summed E-state index contributed by atoms with van der Waals surface area (Å²) in [7, 11) is -1.99. The van der Waals surface area contributed by atoms with Gasteiger partial charge < -0.3 is 14.8 Å². The lowest BCUT2D eigenvalue weighted by Crippen LogP contribution is -2.20. The first-order valence-corrected chi connectivity index (χ1v) is 11.2. The number of carbonyl (C=O) groups excluding carboxylic acids is 1. The molecule has 3 aromatic rings. The van der Waals surface area contributed by atoms with Crippen molar-refractivity contribution in [3.05, 3.63) is 54.9 Å². The molecular weight excluding hydrogens is 402 g/mol. The van der Waals surface area contributed by atoms with Gasteiger partial charge >= 0.3 is 0 Å². The fourth-order valence-electron chi connectivity index (χ4n) is 3.47. The third-order valence-electron chi connectivity index (χ3n) is 5.08. The zero-order valence-electron chi connectivity index (χ0n) is 16.7. The summed E-state index contributed by atoms with van der Waals surface area (Å²) in [4.78, 5) is 18.6. The number of carbonyl (C=O) groups is 1. The minimum absolute atomic E-state index is 0.0636. The summed E-state index contributed by atoms with van der Waals surface area (Å²) in [6, 6.07) is 13.9. The molecule has 2 aromatic carbocycles. The number of anilines is 1. The Hall–Kier alpha value is -3.20. The average Bonchev–Trinajstić information content (AvgIpc) is 3.32. The lowest BCUT2D eigenvalue weighted by molar-refractivity contribution is -0.116. The molecule has 1 fully saturated rings. The van der Waals surface area contributed by atoms with Crippen LogP contribution in [0.4, 0.5) is 5.69 Å². The first-order valence-electron chi connectivity index (χ1n) is 9.77. The number of sulfonamides is 1. The van der Waals surface area contributed by atoms with E-state index in [0.29, 0.717) is 24.5 Å². The molecule has 156 valence electrons. The number of aryl methyl sites for hydroxylation is 1. The van der Waals surface area contributed by atoms with Gasteiger partial charge in [0.15, 0.2) is 0 Å². The smallest absolute Gasteiger partial charge is 0.284 e. The van der Waals surface area contributed by atoms with Gasteiger partial charge in [-0.05, 0) is 36.8 Å². The van der Waals surface area contributed by atoms with E-state index in [0.717, 1.165) is 24.0 Å². The van der Waals surface area contributed by atoms with Crippen LogP contribution in [0.3, 0.4) is 0 Å². The summed E-state index contributed by atoms with van der Waals surface area (Å²) >= 11 is 0. The Kier molecular flexibility index (Phi) is 5.54. The summed E-state index contributed by atoms with van der Waals surface area (Å²) in [5.41, 5.74) is 2.27. The van der Waals surface area contributed by atoms with Crippen molar-refractivity contribution >= 4 is 38.5 Å². The molecule has 0 radical (unpaired) electrons. The second-order valence-corrected chi connectivity index (χ2v) is 8.86. The van der Waals surface area contributed by atoms with Crippen molar-refractivity contribution in [1.82, 2.24) is 14.5 Å². The van der Waals surface area contributed by atoms with Gasteiger partial charge in [-0.3, -0.25) is 4.79 Å². The van der Waals surface area contributed by atoms with Crippen molar-refractivity contribution in [2.75, 3.05) is 18.9 Å². The highest BCUT2D eigenvalue weighted by Gasteiger charge is 2.20. The lowest BCUT2D eigenvalue weighted by Gasteiger charge is -2.11. The number of likely N-dealkylation sites (tertiary alicyclic amines) is 1. The topological polar surface area (TPSA) is 96.7 Å². The molecule has 1 aliphatic rings. The monoisotopic (exact) mass is 425 g/mol. The first kappa shape index (κ1) is 20.1. The minimum Gasteiger partial charge on any atom is -0.362 e. The van der Waals surface area contributed by atoms with Crippen LogP contribution >= 0.6 is 0 Å². The van der Waals surface area contributed by atoms with Crippen LogP contribution in [0.5, 0.6) is 0 Å². The molecule has 0 bridgehead atoms. The fourth-order valence-corrected chi connectivity index (χ4v) is 4.61. The summed E-state index contributed by atoms with van der Waals surface area (Å²) < 4.78 is 31.2. The number of rotatable bonds is 6. The summed E-state index contributed by atoms with van der Waals surface area (Å²) in [5, 5.41) is 2.77. The zero-order valence-corrected chi connectivity index (χ0v) is 17.5. The Morgan fingerprint density at radius 2 is 2.03 bits per heavy atom. The maximum Gasteiger partial charge on any atom is 0.284 e. The standard InChI is InChI=1S/C21H23N5O3S/c1-25-12-5-10-20(25)24-30(28,29)17-7-4-6-16(14-17)23-21(27)11-13-26-15-22-18-8-2-3-9-19(18)26/h2-4,6-9,14-15H,5,10-13H2,1H3,(H,23,27)/b24-20+. The molecule has 2 heterocycles. The molecule has 9 heteroatoms. The fraction of sp³-hybridized carbons (Fsp3) is 0.286. The van der Waals surface area contributed by atoms with Gasteiger partial charge in [0.25, 0.3) is 10.0 Å². The van der Waals surface area contributed by atoms with Gasteiger partial charge in [-0.15, -0.1) is 4.40 Å². The molecule has 1 aromatic heterocycles. The summed E-state index contributed by atoms with van der Waals surface area (Å²) in [5.74, 6) is 0.362. The van der Waals surface area contributed by atoms with Gasteiger partial charge in [0.05, 0.1) is 22.3 Å². The molecule has 8 nitrogen and oxygen atoms in total. The van der Waals surface area contributed by atoms with Crippen LogP contribution in [-0.4, -0.2) is 48.2 Å². The van der Waals surface area contributed by atoms with Gasteiger partial charge in [-0.2, -0.15) is 8.42 Å². The van der Waals surface area contributed by atoms with E-state index in [-0.39, 0.29) is 17.2 Å². The molecule has 0 atom stereocenters. The van der Waals surface area contributed by atoms with Crippen LogP contribution in [-0.2, 0) is 21.4 Å². The molecule has 30 heavy (non-hydrogen) atoms. The predicted molar refractivity (Wildman–Crippen MR) is 116 cm³/mol. The molecule has 4 rings (SSSR count). The molecular formula is C21H23N5O3S. The minimum atomic E-state index is -3.82. The van der Waals surface area contributed by atoms with Crippen molar-refractivity contribution in [3.63, 3.8) is 0 Å². The Morgan fingerprint density at radius 1 is 1.20 bits per heavy atom. The van der Waals surface area contributed by atoms with E-state index < -0.39 is 10.0 Å². The van der Waals surface area contributed by atoms with Gasteiger partial charge in [0.2, 0.25) is 5.91 Å². The predicted octanol–water partition coefficient (Wildman–Crippen LogP) is 2.88. The number of aromatic nitrogens is 2. The third kappa shape index (κ3) is 4.35. The van der Waals surface area contributed by atoms with Crippen molar-refractivity contribution in [2.45, 2.75) is 30.7 Å². The number of amidine groups is 1. The van der Waals surface area contributed by atoms with Crippen molar-refractivity contribution < 1.29 is 13.2 Å². The molecule has 1 aliphatic heterocycles. The van der Waals surface area contributed by atoms with Crippen LogP contribution in [0, 0.1) is 0 Å². The number of nitrogens with zero attached hydrogens (tertiary/aromatic N) is 4. The average molecular weight is 426 g/mol. The summed E-state index contributed by atoms with van der Waals surface area (Å²) in [6.07, 6.45) is 3.50. The van der Waals surface area contributed by atoms with E-state index in [1.807, 2.05) is 40.8 Å². The Balaban J connectivity index is 1.43. The normalized spacial score (nSPS) is 15.8. The highest BCUT2D eigenvalue weighted by atomic mass is 32.2. The Labute approximate surface area is 175 Å². The number of imidazole rings is 1. The van der Waals surface area contributed by atoms with E-state index in [4.69, 9.17) is 0 Å². The second-order valence-electron chi connectivity index (χ2n) is 7.26. The molecule has 0 saturated carbocycles. The van der Waals surface area contributed by atoms with Crippen molar-refractivity contribution in [1.29, 1.82) is 0 Å². The quantitative estimate of drug-likeness (QED) is 0.655. The zero-order chi connectivity index (χ0) is 21.1. The number of para-hydroxylation sites is 2. The van der Waals surface area contributed by atoms with E-state index in [1.54, 1.807) is 18.5 Å². The molecule has 1 N–H and O–H groups in total. The third-order valence-corrected chi connectivity index (χ3v) is 6.38. The molecule has 1 saturated heterocycles. The molecule has 0 unspecified atom stereocenters. The number of nitrogens with one attached hydrogen (secondary N) is 1. The molecule has 1 amide bonds. The van der Waals surface area contributed by atoms with Gasteiger partial charge in [-0.1, -0.05) is 18.2 Å². The van der Waals surface area contributed by atoms with Crippen molar-refractivity contribution in [2.24, 2.45) is 4.40 Å². The maximum absolute atomic E-state index is 12.6. The molecule has 0 aliphatic carbocycles. The van der Waals surface area contributed by atoms with E-state index in [2.05, 4.69) is 14.7 Å². The second kappa shape index (κ2) is 8.27.